The van der Waals surface area contributed by atoms with Crippen molar-refractivity contribution in [3.05, 3.63) is 192 Å². The van der Waals surface area contributed by atoms with Crippen LogP contribution in [0.1, 0.15) is 60.8 Å². The molecule has 4 aliphatic carbocycles. The minimum Gasteiger partial charge on any atom is -0.309 e. The van der Waals surface area contributed by atoms with Gasteiger partial charge in [0.25, 0.3) is 0 Å². The Morgan fingerprint density at radius 1 is 0.411 bits per heavy atom. The summed E-state index contributed by atoms with van der Waals surface area (Å²) < 4.78 is 4.96. The second-order valence-electron chi connectivity index (χ2n) is 17.4. The van der Waals surface area contributed by atoms with E-state index in [-0.39, 0.29) is 16.2 Å². The van der Waals surface area contributed by atoms with E-state index in [4.69, 9.17) is 0 Å². The van der Waals surface area contributed by atoms with Gasteiger partial charge in [-0.05, 0) is 138 Å². The number of aromatic nitrogens is 2. The first-order chi connectivity index (χ1) is 27.6. The van der Waals surface area contributed by atoms with Crippen LogP contribution >= 0.6 is 0 Å². The van der Waals surface area contributed by atoms with Crippen LogP contribution in [-0.4, -0.2) is 9.13 Å². The van der Waals surface area contributed by atoms with E-state index in [0.717, 1.165) is 24.8 Å². The molecular weight excluding hydrogens is 679 g/mol. The largest absolute Gasteiger partial charge is 0.309 e. The SMILES string of the molecule is N#Cc1cccc(C23CC4CC(c5cccc(-n6c7ccccc7c7ccccc76)c5)(C2)CC(c2cccc(-n5c6ccccc6c6ccccc65)c2)(C4)C3)c1. The van der Waals surface area contributed by atoms with Gasteiger partial charge in [-0.25, -0.2) is 0 Å². The van der Waals surface area contributed by atoms with E-state index in [1.54, 1.807) is 0 Å². The number of fused-ring (bicyclic) bond motifs is 6. The maximum atomic E-state index is 10.1. The van der Waals surface area contributed by atoms with Crippen molar-refractivity contribution < 1.29 is 0 Å². The van der Waals surface area contributed by atoms with Crippen LogP contribution in [0.15, 0.2) is 170 Å². The molecule has 4 bridgehead atoms. The third-order valence-corrected chi connectivity index (χ3v) is 14.3. The second-order valence-corrected chi connectivity index (χ2v) is 17.4. The summed E-state index contributed by atoms with van der Waals surface area (Å²) in [5.74, 6) is 0.589. The van der Waals surface area contributed by atoms with Gasteiger partial charge in [0.1, 0.15) is 0 Å². The number of para-hydroxylation sites is 4. The van der Waals surface area contributed by atoms with E-state index in [9.17, 15) is 5.26 Å². The lowest BCUT2D eigenvalue weighted by Gasteiger charge is -2.67. The van der Waals surface area contributed by atoms with Gasteiger partial charge in [-0.15, -0.1) is 0 Å². The van der Waals surface area contributed by atoms with Crippen molar-refractivity contribution in [2.45, 2.75) is 54.8 Å². The third kappa shape index (κ3) is 4.45. The number of nitriles is 1. The first-order valence-corrected chi connectivity index (χ1v) is 20.2. The summed E-state index contributed by atoms with van der Waals surface area (Å²) in [6, 6.07) is 65.7. The Labute approximate surface area is 327 Å². The predicted molar refractivity (Wildman–Crippen MR) is 229 cm³/mol. The van der Waals surface area contributed by atoms with Crippen LogP contribution in [0.25, 0.3) is 55.0 Å². The number of rotatable bonds is 5. The monoisotopic (exact) mass is 719 g/mol. The van der Waals surface area contributed by atoms with E-state index in [1.807, 2.05) is 6.07 Å². The fourth-order valence-corrected chi connectivity index (χ4v) is 12.7. The molecule has 0 amide bonds. The van der Waals surface area contributed by atoms with E-state index in [2.05, 4.69) is 179 Å². The molecule has 4 fully saturated rings. The number of nitrogens with zero attached hydrogens (tertiary/aromatic N) is 3. The first kappa shape index (κ1) is 31.9. The van der Waals surface area contributed by atoms with Gasteiger partial charge < -0.3 is 9.13 Å². The lowest BCUT2D eigenvalue weighted by Crippen LogP contribution is -2.62. The molecule has 2 aromatic heterocycles. The molecule has 0 N–H and O–H groups in total. The van der Waals surface area contributed by atoms with Crippen LogP contribution in [0.2, 0.25) is 0 Å². The van der Waals surface area contributed by atoms with E-state index < -0.39 is 0 Å². The molecule has 0 spiro atoms. The van der Waals surface area contributed by atoms with Gasteiger partial charge in [0, 0.05) is 32.9 Å². The fraction of sp³-hybridized carbons (Fsp3) is 0.189. The predicted octanol–water partition coefficient (Wildman–Crippen LogP) is 12.9. The molecule has 0 saturated heterocycles. The molecule has 0 radical (unpaired) electrons. The van der Waals surface area contributed by atoms with Gasteiger partial charge in [-0.3, -0.25) is 0 Å². The standard InChI is InChI=1S/C53H41N3/c54-32-36-12-9-13-38(26-36)51-29-37-30-52(33-51,39-14-10-16-41(27-39)55-47-22-5-1-18-43(47)44-19-2-6-23-48(44)55)35-53(31-37,34-51)40-15-11-17-42(28-40)56-49-24-7-3-20-45(49)46-21-4-8-25-50(46)56/h1-28,37H,29-31,33-35H2. The van der Waals surface area contributed by atoms with Crippen molar-refractivity contribution in [3.8, 4) is 17.4 Å². The highest BCUT2D eigenvalue weighted by molar-refractivity contribution is 6.10. The number of hydrogen-bond donors (Lipinski definition) is 0. The maximum Gasteiger partial charge on any atom is 0.0991 e. The van der Waals surface area contributed by atoms with Crippen LogP contribution in [-0.2, 0) is 16.2 Å². The Balaban J connectivity index is 1.05. The average molecular weight is 720 g/mol. The lowest BCUT2D eigenvalue weighted by molar-refractivity contribution is -0.0493. The molecule has 268 valence electrons. The highest BCUT2D eigenvalue weighted by Crippen LogP contribution is 2.71. The van der Waals surface area contributed by atoms with Crippen molar-refractivity contribution >= 4 is 43.6 Å². The summed E-state index contributed by atoms with van der Waals surface area (Å²) in [6.07, 6.45) is 6.94. The molecule has 2 atom stereocenters. The summed E-state index contributed by atoms with van der Waals surface area (Å²) >= 11 is 0. The first-order valence-electron chi connectivity index (χ1n) is 20.2. The Morgan fingerprint density at radius 3 is 1.16 bits per heavy atom. The second kappa shape index (κ2) is 11.6. The molecule has 2 unspecified atom stereocenters. The fourth-order valence-electron chi connectivity index (χ4n) is 12.7. The van der Waals surface area contributed by atoms with E-state index in [0.29, 0.717) is 5.92 Å². The zero-order chi connectivity index (χ0) is 37.1. The third-order valence-electron chi connectivity index (χ3n) is 14.3. The summed E-state index contributed by atoms with van der Waals surface area (Å²) in [5.41, 5.74) is 12.5. The molecule has 4 saturated carbocycles. The van der Waals surface area contributed by atoms with Crippen molar-refractivity contribution in [2.75, 3.05) is 0 Å². The molecule has 7 aromatic carbocycles. The summed E-state index contributed by atoms with van der Waals surface area (Å²) in [7, 11) is 0. The lowest BCUT2D eigenvalue weighted by atomic mass is 9.36. The van der Waals surface area contributed by atoms with E-state index in [1.165, 1.54) is 90.9 Å². The van der Waals surface area contributed by atoms with Gasteiger partial charge in [-0.2, -0.15) is 5.26 Å². The average Bonchev–Trinajstić information content (AvgIpc) is 3.77. The van der Waals surface area contributed by atoms with Crippen LogP contribution < -0.4 is 0 Å². The maximum absolute atomic E-state index is 10.1. The van der Waals surface area contributed by atoms with Gasteiger partial charge >= 0.3 is 0 Å². The van der Waals surface area contributed by atoms with Crippen LogP contribution in [0, 0.1) is 17.2 Å². The molecular formula is C53H41N3. The number of benzene rings is 7. The molecule has 56 heavy (non-hydrogen) atoms. The molecule has 3 nitrogen and oxygen atoms in total. The molecule has 3 heteroatoms. The molecule has 4 aliphatic rings. The topological polar surface area (TPSA) is 33.6 Å². The Kier molecular flexibility index (Phi) is 6.60. The van der Waals surface area contributed by atoms with Crippen LogP contribution in [0.3, 0.4) is 0 Å². The number of hydrogen-bond acceptors (Lipinski definition) is 1. The minimum atomic E-state index is -0.0159. The Hall–Kier alpha value is -6.37. The van der Waals surface area contributed by atoms with Gasteiger partial charge in [-0.1, -0.05) is 109 Å². The van der Waals surface area contributed by atoms with Gasteiger partial charge in [0.15, 0.2) is 0 Å². The minimum absolute atomic E-state index is 0.000315. The summed E-state index contributed by atoms with van der Waals surface area (Å²) in [6.45, 7) is 0. The zero-order valence-electron chi connectivity index (χ0n) is 31.3. The van der Waals surface area contributed by atoms with Crippen molar-refractivity contribution in [1.82, 2.24) is 9.13 Å². The highest BCUT2D eigenvalue weighted by Gasteiger charge is 2.64. The van der Waals surface area contributed by atoms with Crippen molar-refractivity contribution in [1.29, 1.82) is 5.26 Å². The summed E-state index contributed by atoms with van der Waals surface area (Å²) in [5, 5.41) is 15.3. The van der Waals surface area contributed by atoms with E-state index >= 15 is 0 Å². The Morgan fingerprint density at radius 2 is 0.768 bits per heavy atom. The molecule has 13 rings (SSSR count). The van der Waals surface area contributed by atoms with Crippen LogP contribution in [0.5, 0.6) is 0 Å². The molecule has 0 aliphatic heterocycles. The Bertz CT molecular complexity index is 2820. The molecule has 2 heterocycles. The van der Waals surface area contributed by atoms with Gasteiger partial charge in [0.2, 0.25) is 0 Å². The summed E-state index contributed by atoms with van der Waals surface area (Å²) in [4.78, 5) is 0. The molecule has 9 aromatic rings. The van der Waals surface area contributed by atoms with Crippen LogP contribution in [0.4, 0.5) is 0 Å². The van der Waals surface area contributed by atoms with Gasteiger partial charge in [0.05, 0.1) is 33.7 Å². The normalized spacial score (nSPS) is 24.0. The smallest absolute Gasteiger partial charge is 0.0991 e. The van der Waals surface area contributed by atoms with Crippen molar-refractivity contribution in [3.63, 3.8) is 0 Å². The zero-order valence-corrected chi connectivity index (χ0v) is 31.3. The highest BCUT2D eigenvalue weighted by atomic mass is 15.0. The quantitative estimate of drug-likeness (QED) is 0.174. The van der Waals surface area contributed by atoms with Crippen molar-refractivity contribution in [2.24, 2.45) is 5.92 Å².